The normalized spacial score (nSPS) is 10.7. The van der Waals surface area contributed by atoms with Crippen LogP contribution < -0.4 is 10.1 Å². The van der Waals surface area contributed by atoms with Gasteiger partial charge in [0, 0.05) is 17.4 Å². The third-order valence-electron chi connectivity index (χ3n) is 2.29. The van der Waals surface area contributed by atoms with Crippen molar-refractivity contribution in [3.8, 4) is 5.75 Å². The molecule has 0 fully saturated rings. The highest BCUT2D eigenvalue weighted by Gasteiger charge is 2.15. The number of nitrogens with one attached hydrogen (secondary N) is 1. The molecule has 0 spiro atoms. The molecule has 4 nitrogen and oxygen atoms in total. The molecule has 0 radical (unpaired) electrons. The van der Waals surface area contributed by atoms with Crippen LogP contribution in [0.25, 0.3) is 0 Å². The summed E-state index contributed by atoms with van der Waals surface area (Å²) in [7, 11) is 0. The van der Waals surface area contributed by atoms with Crippen LogP contribution in [0, 0.1) is 0 Å². The molecule has 8 heteroatoms. The summed E-state index contributed by atoms with van der Waals surface area (Å²) in [6.45, 7) is -2.62. The van der Waals surface area contributed by atoms with E-state index in [2.05, 4.69) is 36.0 Å². The van der Waals surface area contributed by atoms with Crippen molar-refractivity contribution in [2.45, 2.75) is 13.2 Å². The first-order valence-corrected chi connectivity index (χ1v) is 6.66. The van der Waals surface area contributed by atoms with Gasteiger partial charge in [-0.3, -0.25) is 9.97 Å². The Bertz CT molecular complexity index is 586. The molecule has 1 heterocycles. The first kappa shape index (κ1) is 14.9. The number of ether oxygens (including phenoxy) is 1. The fourth-order valence-corrected chi connectivity index (χ4v) is 2.41. The zero-order valence-electron chi connectivity index (χ0n) is 9.99. The van der Waals surface area contributed by atoms with Crippen LogP contribution >= 0.6 is 27.5 Å². The molecule has 0 aliphatic carbocycles. The Morgan fingerprint density at radius 3 is 2.80 bits per heavy atom. The molecule has 0 amide bonds. The fourth-order valence-electron chi connectivity index (χ4n) is 1.51. The van der Waals surface area contributed by atoms with Crippen molar-refractivity contribution in [3.63, 3.8) is 0 Å². The first-order valence-electron chi connectivity index (χ1n) is 5.49. The topological polar surface area (TPSA) is 47.0 Å². The van der Waals surface area contributed by atoms with Crippen molar-refractivity contribution in [2.75, 3.05) is 5.32 Å². The zero-order chi connectivity index (χ0) is 14.5. The second kappa shape index (κ2) is 6.81. The maximum absolute atomic E-state index is 12.4. The van der Waals surface area contributed by atoms with Gasteiger partial charge >= 0.3 is 6.61 Å². The predicted molar refractivity (Wildman–Crippen MR) is 75.1 cm³/mol. The number of alkyl halides is 2. The van der Waals surface area contributed by atoms with Crippen molar-refractivity contribution in [1.82, 2.24) is 9.97 Å². The summed E-state index contributed by atoms with van der Waals surface area (Å²) in [5.41, 5.74) is 1.00. The van der Waals surface area contributed by atoms with Gasteiger partial charge in [-0.05, 0) is 28.1 Å². The minimum atomic E-state index is -2.93. The number of halogens is 4. The van der Waals surface area contributed by atoms with Crippen LogP contribution in [0.2, 0.25) is 5.02 Å². The van der Waals surface area contributed by atoms with Gasteiger partial charge in [-0.15, -0.1) is 0 Å². The lowest BCUT2D eigenvalue weighted by Gasteiger charge is -2.14. The Balaban J connectivity index is 2.21. The molecule has 0 aliphatic rings. The molecule has 106 valence electrons. The molecule has 0 aliphatic heterocycles. The number of nitrogens with zero attached hydrogens (tertiary/aromatic N) is 2. The van der Waals surface area contributed by atoms with Gasteiger partial charge in [0.2, 0.25) is 0 Å². The number of hydrogen-bond donors (Lipinski definition) is 1. The molecule has 2 rings (SSSR count). The molecule has 1 aromatic carbocycles. The maximum Gasteiger partial charge on any atom is 0.387 e. The van der Waals surface area contributed by atoms with Crippen molar-refractivity contribution in [1.29, 1.82) is 0 Å². The van der Waals surface area contributed by atoms with E-state index in [-0.39, 0.29) is 5.75 Å². The van der Waals surface area contributed by atoms with E-state index in [0.717, 1.165) is 0 Å². The van der Waals surface area contributed by atoms with Crippen molar-refractivity contribution >= 4 is 33.2 Å². The highest BCUT2D eigenvalue weighted by atomic mass is 79.9. The molecule has 0 unspecified atom stereocenters. The largest absolute Gasteiger partial charge is 0.431 e. The van der Waals surface area contributed by atoms with E-state index in [1.54, 1.807) is 18.6 Å². The van der Waals surface area contributed by atoms with E-state index < -0.39 is 6.61 Å². The van der Waals surface area contributed by atoms with Crippen molar-refractivity contribution in [2.24, 2.45) is 0 Å². The van der Waals surface area contributed by atoms with Gasteiger partial charge in [-0.1, -0.05) is 11.6 Å². The van der Waals surface area contributed by atoms with Crippen molar-refractivity contribution in [3.05, 3.63) is 45.9 Å². The van der Waals surface area contributed by atoms with Gasteiger partial charge in [0.15, 0.2) is 5.75 Å². The molecular formula is C12H9BrClF2N3O. The lowest BCUT2D eigenvalue weighted by molar-refractivity contribution is -0.0498. The van der Waals surface area contributed by atoms with Crippen LogP contribution in [0.4, 0.5) is 14.5 Å². The number of anilines is 1. The SMILES string of the molecule is FC(F)Oc1c(Br)cc(Cl)cc1NCc1cnccn1. The third-order valence-corrected chi connectivity index (χ3v) is 3.10. The smallest absolute Gasteiger partial charge is 0.387 e. The maximum atomic E-state index is 12.4. The molecule has 0 saturated heterocycles. The average molecular weight is 365 g/mol. The van der Waals surface area contributed by atoms with E-state index in [1.807, 2.05) is 0 Å². The summed E-state index contributed by atoms with van der Waals surface area (Å²) < 4.78 is 29.7. The first-order chi connectivity index (χ1) is 9.56. The summed E-state index contributed by atoms with van der Waals surface area (Å²) in [5.74, 6) is -0.00621. The van der Waals surface area contributed by atoms with E-state index in [9.17, 15) is 8.78 Å². The monoisotopic (exact) mass is 363 g/mol. The Morgan fingerprint density at radius 1 is 1.35 bits per heavy atom. The van der Waals surface area contributed by atoms with Crippen LogP contribution in [0.1, 0.15) is 5.69 Å². The number of aromatic nitrogens is 2. The Hall–Kier alpha value is -1.47. The molecule has 2 aromatic rings. The molecular weight excluding hydrogens is 356 g/mol. The lowest BCUT2D eigenvalue weighted by Crippen LogP contribution is -2.08. The second-order valence-corrected chi connectivity index (χ2v) is 4.98. The molecule has 1 N–H and O–H groups in total. The van der Waals surface area contributed by atoms with Crippen molar-refractivity contribution < 1.29 is 13.5 Å². The summed E-state index contributed by atoms with van der Waals surface area (Å²) in [6, 6.07) is 2.98. The molecule has 1 aromatic heterocycles. The highest BCUT2D eigenvalue weighted by Crippen LogP contribution is 2.37. The Morgan fingerprint density at radius 2 is 2.15 bits per heavy atom. The zero-order valence-corrected chi connectivity index (χ0v) is 12.3. The summed E-state index contributed by atoms with van der Waals surface area (Å²) >= 11 is 9.04. The number of benzene rings is 1. The molecule has 20 heavy (non-hydrogen) atoms. The van der Waals surface area contributed by atoms with Gasteiger partial charge < -0.3 is 10.1 Å². The van der Waals surface area contributed by atoms with E-state index in [4.69, 9.17) is 11.6 Å². The second-order valence-electron chi connectivity index (χ2n) is 3.69. The predicted octanol–water partition coefficient (Wildman–Crippen LogP) is 4.11. The third kappa shape index (κ3) is 4.01. The number of hydrogen-bond acceptors (Lipinski definition) is 4. The lowest BCUT2D eigenvalue weighted by atomic mass is 10.3. The van der Waals surface area contributed by atoms with Crippen LogP contribution in [0.15, 0.2) is 35.2 Å². The molecule has 0 bridgehead atoms. The Labute approximate surface area is 127 Å². The summed E-state index contributed by atoms with van der Waals surface area (Å²) in [4.78, 5) is 7.98. The average Bonchev–Trinajstić information content (AvgIpc) is 2.40. The van der Waals surface area contributed by atoms with Gasteiger partial charge in [-0.2, -0.15) is 8.78 Å². The Kier molecular flexibility index (Phi) is 5.08. The quantitative estimate of drug-likeness (QED) is 0.867. The van der Waals surface area contributed by atoms with E-state index >= 15 is 0 Å². The van der Waals surface area contributed by atoms with Gasteiger partial charge in [0.25, 0.3) is 0 Å². The van der Waals surface area contributed by atoms with Gasteiger partial charge in [-0.25, -0.2) is 0 Å². The van der Waals surface area contributed by atoms with Crippen LogP contribution in [-0.4, -0.2) is 16.6 Å². The molecule has 0 saturated carbocycles. The minimum absolute atomic E-state index is 0.00621. The van der Waals surface area contributed by atoms with Gasteiger partial charge in [0.05, 0.1) is 28.6 Å². The number of rotatable bonds is 5. The van der Waals surface area contributed by atoms with E-state index in [0.29, 0.717) is 27.4 Å². The van der Waals surface area contributed by atoms with Crippen LogP contribution in [-0.2, 0) is 6.54 Å². The standard InChI is InChI=1S/C12H9BrClF2N3O/c13-9-3-7(14)4-10(11(9)20-12(15)16)19-6-8-5-17-1-2-18-8/h1-5,12,19H,6H2. The fraction of sp³-hybridized carbons (Fsp3) is 0.167. The summed E-state index contributed by atoms with van der Waals surface area (Å²) in [6.07, 6.45) is 4.66. The van der Waals surface area contributed by atoms with Crippen LogP contribution in [0.5, 0.6) is 5.75 Å². The highest BCUT2D eigenvalue weighted by molar-refractivity contribution is 9.10. The minimum Gasteiger partial charge on any atom is -0.431 e. The van der Waals surface area contributed by atoms with E-state index in [1.165, 1.54) is 12.1 Å². The summed E-state index contributed by atoms with van der Waals surface area (Å²) in [5, 5.41) is 3.33. The van der Waals surface area contributed by atoms with Crippen LogP contribution in [0.3, 0.4) is 0 Å². The molecule has 0 atom stereocenters. The van der Waals surface area contributed by atoms with Gasteiger partial charge in [0.1, 0.15) is 0 Å².